The Morgan fingerprint density at radius 1 is 0.886 bits per heavy atom. The number of ether oxygens (including phenoxy) is 1. The van der Waals surface area contributed by atoms with E-state index in [0.29, 0.717) is 25.4 Å². The summed E-state index contributed by atoms with van der Waals surface area (Å²) in [4.78, 5) is 29.3. The second kappa shape index (κ2) is 11.3. The lowest BCUT2D eigenvalue weighted by atomic mass is 10.2. The molecular weight excluding hydrogens is 466 g/mol. The lowest BCUT2D eigenvalue weighted by Crippen LogP contribution is -2.53. The van der Waals surface area contributed by atoms with Gasteiger partial charge >= 0.3 is 0 Å². The smallest absolute Gasteiger partial charge is 0.251 e. The van der Waals surface area contributed by atoms with Crippen molar-refractivity contribution in [3.63, 3.8) is 0 Å². The topological polar surface area (TPSA) is 87.2 Å². The molecule has 2 aromatic carbocycles. The molecule has 0 unspecified atom stereocenters. The lowest BCUT2D eigenvalue weighted by Gasteiger charge is -2.36. The number of anilines is 1. The van der Waals surface area contributed by atoms with E-state index in [9.17, 15) is 18.0 Å². The number of carbonyl (C=O) groups is 2. The van der Waals surface area contributed by atoms with Crippen molar-refractivity contribution >= 4 is 27.5 Å². The fraction of sp³-hybridized carbons (Fsp3) is 0.462. The molecule has 1 atom stereocenters. The molecule has 2 fully saturated rings. The standard InChI is InChI=1S/C26H33N3O5S/c1-2-3-4-8-19-34-22-13-11-21(12-14-22)29-25(30)20-24(26(29)31)27-15-17-28(18-16-27)35(32,33)23-9-6-5-7-10-23/h5-7,9-14,24H,2-4,8,15-20H2,1H3/t24-/m1/s1. The molecule has 0 radical (unpaired) electrons. The summed E-state index contributed by atoms with van der Waals surface area (Å²) in [6.45, 7) is 4.16. The van der Waals surface area contributed by atoms with Gasteiger partial charge in [-0.2, -0.15) is 4.31 Å². The predicted octanol–water partition coefficient (Wildman–Crippen LogP) is 3.28. The maximum Gasteiger partial charge on any atom is 0.251 e. The zero-order chi connectivity index (χ0) is 24.8. The first-order valence-electron chi connectivity index (χ1n) is 12.3. The van der Waals surface area contributed by atoms with E-state index in [4.69, 9.17) is 4.74 Å². The van der Waals surface area contributed by atoms with E-state index in [1.165, 1.54) is 22.0 Å². The number of amides is 2. The quantitative estimate of drug-likeness (QED) is 0.368. The molecule has 0 aromatic heterocycles. The normalized spacial score (nSPS) is 19.9. The van der Waals surface area contributed by atoms with E-state index in [0.717, 1.165) is 18.6 Å². The third-order valence-electron chi connectivity index (χ3n) is 6.58. The van der Waals surface area contributed by atoms with E-state index in [-0.39, 0.29) is 36.2 Å². The van der Waals surface area contributed by atoms with E-state index < -0.39 is 16.1 Å². The fourth-order valence-corrected chi connectivity index (χ4v) is 6.02. The first-order valence-corrected chi connectivity index (χ1v) is 13.7. The summed E-state index contributed by atoms with van der Waals surface area (Å²) in [6, 6.07) is 14.8. The van der Waals surface area contributed by atoms with Gasteiger partial charge < -0.3 is 4.74 Å². The maximum atomic E-state index is 13.2. The average molecular weight is 500 g/mol. The number of benzene rings is 2. The highest BCUT2D eigenvalue weighted by Gasteiger charge is 2.44. The zero-order valence-electron chi connectivity index (χ0n) is 20.1. The Kier molecular flexibility index (Phi) is 8.20. The van der Waals surface area contributed by atoms with Gasteiger partial charge in [-0.25, -0.2) is 13.3 Å². The van der Waals surface area contributed by atoms with Crippen LogP contribution in [0, 0.1) is 0 Å². The summed E-state index contributed by atoms with van der Waals surface area (Å²) >= 11 is 0. The molecule has 8 nitrogen and oxygen atoms in total. The zero-order valence-corrected chi connectivity index (χ0v) is 21.0. The molecule has 35 heavy (non-hydrogen) atoms. The molecule has 0 N–H and O–H groups in total. The number of hydrogen-bond acceptors (Lipinski definition) is 6. The number of imide groups is 1. The minimum atomic E-state index is -3.57. The van der Waals surface area contributed by atoms with Crippen LogP contribution < -0.4 is 9.64 Å². The molecule has 4 rings (SSSR count). The Morgan fingerprint density at radius 3 is 2.23 bits per heavy atom. The van der Waals surface area contributed by atoms with Crippen molar-refractivity contribution in [1.82, 2.24) is 9.21 Å². The number of rotatable bonds is 10. The van der Waals surface area contributed by atoms with Gasteiger partial charge in [0.05, 0.1) is 29.7 Å². The molecule has 0 saturated carbocycles. The van der Waals surface area contributed by atoms with Crippen molar-refractivity contribution < 1.29 is 22.7 Å². The van der Waals surface area contributed by atoms with Crippen LogP contribution in [0.4, 0.5) is 5.69 Å². The van der Waals surface area contributed by atoms with Crippen molar-refractivity contribution in [2.75, 3.05) is 37.7 Å². The van der Waals surface area contributed by atoms with Crippen LogP contribution in [0.3, 0.4) is 0 Å². The summed E-state index contributed by atoms with van der Waals surface area (Å²) in [6.07, 6.45) is 4.61. The van der Waals surface area contributed by atoms with Gasteiger partial charge in [-0.05, 0) is 42.8 Å². The van der Waals surface area contributed by atoms with Gasteiger partial charge in [0.2, 0.25) is 15.9 Å². The molecule has 0 spiro atoms. The Bertz CT molecular complexity index is 1110. The molecular formula is C26H33N3O5S. The number of nitrogens with zero attached hydrogens (tertiary/aromatic N) is 3. The summed E-state index contributed by atoms with van der Waals surface area (Å²) < 4.78 is 33.0. The second-order valence-electron chi connectivity index (χ2n) is 8.94. The summed E-state index contributed by atoms with van der Waals surface area (Å²) in [5.74, 6) is 0.215. The van der Waals surface area contributed by atoms with Crippen molar-refractivity contribution in [3.8, 4) is 5.75 Å². The van der Waals surface area contributed by atoms with Crippen LogP contribution in [0.5, 0.6) is 5.75 Å². The third kappa shape index (κ3) is 5.74. The minimum Gasteiger partial charge on any atom is -0.494 e. The van der Waals surface area contributed by atoms with Crippen LogP contribution in [0.15, 0.2) is 59.5 Å². The van der Waals surface area contributed by atoms with Crippen LogP contribution >= 0.6 is 0 Å². The first kappa shape index (κ1) is 25.3. The molecule has 188 valence electrons. The van der Waals surface area contributed by atoms with E-state index in [2.05, 4.69) is 6.92 Å². The summed E-state index contributed by atoms with van der Waals surface area (Å²) in [5.41, 5.74) is 0.533. The van der Waals surface area contributed by atoms with Crippen molar-refractivity contribution in [2.45, 2.75) is 50.0 Å². The number of sulfonamides is 1. The molecule has 2 amide bonds. The Morgan fingerprint density at radius 2 is 1.57 bits per heavy atom. The first-order chi connectivity index (χ1) is 16.9. The van der Waals surface area contributed by atoms with E-state index in [1.807, 2.05) is 4.90 Å². The van der Waals surface area contributed by atoms with Crippen LogP contribution in [0.25, 0.3) is 0 Å². The predicted molar refractivity (Wildman–Crippen MR) is 134 cm³/mol. The van der Waals surface area contributed by atoms with Crippen LogP contribution in [0.1, 0.15) is 39.0 Å². The van der Waals surface area contributed by atoms with Gasteiger partial charge in [-0.15, -0.1) is 0 Å². The Labute approximate surface area is 207 Å². The highest BCUT2D eigenvalue weighted by Crippen LogP contribution is 2.28. The van der Waals surface area contributed by atoms with Gasteiger partial charge in [-0.3, -0.25) is 14.5 Å². The van der Waals surface area contributed by atoms with Gasteiger partial charge in [0, 0.05) is 26.2 Å². The van der Waals surface area contributed by atoms with Crippen molar-refractivity contribution in [1.29, 1.82) is 0 Å². The van der Waals surface area contributed by atoms with Gasteiger partial charge in [-0.1, -0.05) is 44.4 Å². The number of carbonyl (C=O) groups excluding carboxylic acids is 2. The molecule has 2 aromatic rings. The molecule has 2 aliphatic rings. The van der Waals surface area contributed by atoms with Crippen molar-refractivity contribution in [3.05, 3.63) is 54.6 Å². The third-order valence-corrected chi connectivity index (χ3v) is 8.49. The van der Waals surface area contributed by atoms with Crippen LogP contribution in [-0.4, -0.2) is 68.3 Å². The Hall–Kier alpha value is -2.75. The lowest BCUT2D eigenvalue weighted by molar-refractivity contribution is -0.123. The minimum absolute atomic E-state index is 0.0972. The maximum absolute atomic E-state index is 13.2. The Balaban J connectivity index is 1.34. The highest BCUT2D eigenvalue weighted by atomic mass is 32.2. The van der Waals surface area contributed by atoms with Crippen LogP contribution in [-0.2, 0) is 19.6 Å². The largest absolute Gasteiger partial charge is 0.494 e. The number of piperazine rings is 1. The monoisotopic (exact) mass is 499 g/mol. The second-order valence-corrected chi connectivity index (χ2v) is 10.9. The van der Waals surface area contributed by atoms with E-state index in [1.54, 1.807) is 54.6 Å². The van der Waals surface area contributed by atoms with Crippen LogP contribution in [0.2, 0.25) is 0 Å². The molecule has 9 heteroatoms. The number of unbranched alkanes of at least 4 members (excludes halogenated alkanes) is 3. The van der Waals surface area contributed by atoms with Gasteiger partial charge in [0.1, 0.15) is 5.75 Å². The van der Waals surface area contributed by atoms with E-state index >= 15 is 0 Å². The molecule has 0 aliphatic carbocycles. The SMILES string of the molecule is CCCCCCOc1ccc(N2C(=O)C[C@@H](N3CCN(S(=O)(=O)c4ccccc4)CC3)C2=O)cc1. The van der Waals surface area contributed by atoms with Gasteiger partial charge in [0.25, 0.3) is 5.91 Å². The molecule has 2 saturated heterocycles. The summed E-state index contributed by atoms with van der Waals surface area (Å²) in [5, 5.41) is 0. The molecule has 2 aliphatic heterocycles. The van der Waals surface area contributed by atoms with Gasteiger partial charge in [0.15, 0.2) is 0 Å². The number of hydrogen-bond donors (Lipinski definition) is 0. The fourth-order valence-electron chi connectivity index (χ4n) is 4.58. The summed E-state index contributed by atoms with van der Waals surface area (Å²) in [7, 11) is -3.57. The average Bonchev–Trinajstić information content (AvgIpc) is 3.18. The molecule has 2 heterocycles. The van der Waals surface area contributed by atoms with Crippen molar-refractivity contribution in [2.24, 2.45) is 0 Å². The highest BCUT2D eigenvalue weighted by molar-refractivity contribution is 7.89. The molecule has 0 bridgehead atoms.